The van der Waals surface area contributed by atoms with Crippen molar-refractivity contribution in [2.24, 2.45) is 4.99 Å². The lowest BCUT2D eigenvalue weighted by Crippen LogP contribution is -2.15. The Bertz CT molecular complexity index is 1240. The summed E-state index contributed by atoms with van der Waals surface area (Å²) in [4.78, 5) is 16.1. The van der Waals surface area contributed by atoms with E-state index in [1.54, 1.807) is 20.9 Å². The molecule has 176 valence electrons. The summed E-state index contributed by atoms with van der Waals surface area (Å²) in [5.74, 6) is -0.495. The number of nitrogens with one attached hydrogen (secondary N) is 1. The fourth-order valence-corrected chi connectivity index (χ4v) is 4.68. The van der Waals surface area contributed by atoms with Gasteiger partial charge in [-0.15, -0.1) is 0 Å². The van der Waals surface area contributed by atoms with E-state index in [4.69, 9.17) is 44.3 Å². The Balaban J connectivity index is 2.43. The minimum Gasteiger partial charge on any atom is -0.462 e. The molecule has 1 N–H and O–H groups in total. The third kappa shape index (κ3) is 7.23. The Morgan fingerprint density at radius 3 is 2.55 bits per heavy atom. The summed E-state index contributed by atoms with van der Waals surface area (Å²) in [7, 11) is -2.54. The number of halogens is 3. The largest absolute Gasteiger partial charge is 0.462 e. The second kappa shape index (κ2) is 11.6. The summed E-state index contributed by atoms with van der Waals surface area (Å²) < 4.78 is 38.9. The first-order valence-corrected chi connectivity index (χ1v) is 12.1. The number of benzene rings is 2. The molecule has 0 aliphatic heterocycles. The van der Waals surface area contributed by atoms with Gasteiger partial charge in [-0.3, -0.25) is 9.71 Å². The highest BCUT2D eigenvalue weighted by atomic mass is 35.5. The van der Waals surface area contributed by atoms with E-state index in [9.17, 15) is 13.2 Å². The van der Waals surface area contributed by atoms with E-state index in [-0.39, 0.29) is 44.3 Å². The van der Waals surface area contributed by atoms with Crippen LogP contribution in [0, 0.1) is 6.92 Å². The highest BCUT2D eigenvalue weighted by Crippen LogP contribution is 2.31. The zero-order chi connectivity index (χ0) is 24.8. The van der Waals surface area contributed by atoms with Gasteiger partial charge in [0.15, 0.2) is 0 Å². The zero-order valence-electron chi connectivity index (χ0n) is 18.0. The second-order valence-electron chi connectivity index (χ2n) is 6.55. The van der Waals surface area contributed by atoms with Crippen LogP contribution < -0.4 is 9.46 Å². The number of nitrogens with zero attached hydrogens (tertiary/aromatic N) is 1. The summed E-state index contributed by atoms with van der Waals surface area (Å²) in [6.45, 7) is 7.13. The molecular formula is C22H21Cl3N2O5S. The summed E-state index contributed by atoms with van der Waals surface area (Å²) in [6.07, 6.45) is 2.80. The summed E-state index contributed by atoms with van der Waals surface area (Å²) >= 11 is 18.1. The molecule has 0 bridgehead atoms. The first-order chi connectivity index (χ1) is 15.5. The maximum absolute atomic E-state index is 12.9. The average Bonchev–Trinajstić information content (AvgIpc) is 2.71. The number of esters is 1. The fraction of sp³-hybridized carbons (Fsp3) is 0.182. The fourth-order valence-electron chi connectivity index (χ4n) is 2.58. The Labute approximate surface area is 207 Å². The van der Waals surface area contributed by atoms with Gasteiger partial charge in [0.25, 0.3) is 10.0 Å². The number of sulfonamides is 1. The molecule has 33 heavy (non-hydrogen) atoms. The van der Waals surface area contributed by atoms with Gasteiger partial charge in [0, 0.05) is 30.0 Å². The molecule has 0 amide bonds. The molecule has 11 heteroatoms. The number of aliphatic imine (C=N–C) groups is 1. The van der Waals surface area contributed by atoms with Crippen molar-refractivity contribution in [1.29, 1.82) is 0 Å². The molecule has 2 aromatic carbocycles. The predicted molar refractivity (Wildman–Crippen MR) is 133 cm³/mol. The second-order valence-corrected chi connectivity index (χ2v) is 9.46. The van der Waals surface area contributed by atoms with Crippen molar-refractivity contribution in [3.8, 4) is 5.75 Å². The molecule has 0 fully saturated rings. The molecule has 7 nitrogen and oxygen atoms in total. The lowest BCUT2D eigenvalue weighted by molar-refractivity contribution is 0.0523. The van der Waals surface area contributed by atoms with Gasteiger partial charge in [-0.2, -0.15) is 0 Å². The lowest BCUT2D eigenvalue weighted by atomic mass is 10.2. The zero-order valence-corrected chi connectivity index (χ0v) is 21.1. The van der Waals surface area contributed by atoms with Crippen LogP contribution in [0.15, 0.2) is 63.7 Å². The molecule has 0 saturated carbocycles. The first-order valence-electron chi connectivity index (χ1n) is 9.44. The van der Waals surface area contributed by atoms with Crippen LogP contribution in [0.3, 0.4) is 0 Å². The molecule has 0 radical (unpaired) electrons. The number of hydrogen-bond donors (Lipinski definition) is 1. The smallest absolute Gasteiger partial charge is 0.342 e. The summed E-state index contributed by atoms with van der Waals surface area (Å²) in [5.41, 5.74) is 0.604. The van der Waals surface area contributed by atoms with E-state index >= 15 is 0 Å². The van der Waals surface area contributed by atoms with Crippen molar-refractivity contribution in [1.82, 2.24) is 0 Å². The van der Waals surface area contributed by atoms with Crippen LogP contribution in [0.5, 0.6) is 5.75 Å². The molecule has 0 heterocycles. The van der Waals surface area contributed by atoms with Crippen LogP contribution in [0.25, 0.3) is 0 Å². The van der Waals surface area contributed by atoms with Gasteiger partial charge in [-0.25, -0.2) is 13.2 Å². The van der Waals surface area contributed by atoms with E-state index in [1.807, 2.05) is 0 Å². The maximum Gasteiger partial charge on any atom is 0.342 e. The van der Waals surface area contributed by atoms with Gasteiger partial charge in [-0.05, 0) is 49.7 Å². The Hall–Kier alpha value is -2.52. The van der Waals surface area contributed by atoms with E-state index < -0.39 is 16.0 Å². The average molecular weight is 532 g/mol. The topological polar surface area (TPSA) is 94.1 Å². The summed E-state index contributed by atoms with van der Waals surface area (Å²) in [6, 6.07) is 6.81. The van der Waals surface area contributed by atoms with E-state index in [2.05, 4.69) is 16.3 Å². The number of anilines is 1. The van der Waals surface area contributed by atoms with Gasteiger partial charge in [-0.1, -0.05) is 41.4 Å². The van der Waals surface area contributed by atoms with E-state index in [1.165, 1.54) is 42.6 Å². The van der Waals surface area contributed by atoms with Crippen LogP contribution >= 0.6 is 34.8 Å². The highest BCUT2D eigenvalue weighted by molar-refractivity contribution is 7.92. The molecule has 0 aliphatic rings. The minimum absolute atomic E-state index is 0.0229. The monoisotopic (exact) mass is 530 g/mol. The predicted octanol–water partition coefficient (Wildman–Crippen LogP) is 6.00. The standard InChI is InChI=1S/C22H21Cl3N2O5S/c1-5-31-22(28)17-10-16(6-7-20(17)32-14(3)9-15(23)12-26-4)27-33(29,30)21-8-13(2)18(24)11-19(21)25/h6-12,27H,3,5H2,1-2,4H3/b15-9+,26-12?. The van der Waals surface area contributed by atoms with E-state index in [0.29, 0.717) is 10.6 Å². The number of ether oxygens (including phenoxy) is 2. The minimum atomic E-state index is -4.09. The van der Waals surface area contributed by atoms with Gasteiger partial charge < -0.3 is 9.47 Å². The van der Waals surface area contributed by atoms with Gasteiger partial charge in [0.2, 0.25) is 0 Å². The van der Waals surface area contributed by atoms with Gasteiger partial charge in [0.05, 0.1) is 16.7 Å². The van der Waals surface area contributed by atoms with Crippen LogP contribution in [0.2, 0.25) is 10.0 Å². The third-order valence-electron chi connectivity index (χ3n) is 4.02. The number of allylic oxidation sites excluding steroid dienone is 2. The molecule has 2 rings (SSSR count). The molecule has 0 aliphatic carbocycles. The lowest BCUT2D eigenvalue weighted by Gasteiger charge is -2.15. The van der Waals surface area contributed by atoms with Crippen LogP contribution in [0.4, 0.5) is 5.69 Å². The Kier molecular flexibility index (Phi) is 9.36. The third-order valence-corrected chi connectivity index (χ3v) is 6.48. The molecule has 0 spiro atoms. The molecular weight excluding hydrogens is 511 g/mol. The molecule has 0 atom stereocenters. The molecule has 0 aromatic heterocycles. The normalized spacial score (nSPS) is 12.0. The number of rotatable bonds is 9. The van der Waals surface area contributed by atoms with Gasteiger partial charge in [0.1, 0.15) is 22.0 Å². The number of aryl methyl sites for hydroxylation is 1. The Morgan fingerprint density at radius 2 is 1.91 bits per heavy atom. The molecule has 0 unspecified atom stereocenters. The maximum atomic E-state index is 12.9. The van der Waals surface area contributed by atoms with Crippen molar-refractivity contribution < 1.29 is 22.7 Å². The van der Waals surface area contributed by atoms with E-state index in [0.717, 1.165) is 0 Å². The van der Waals surface area contributed by atoms with Crippen molar-refractivity contribution in [2.45, 2.75) is 18.7 Å². The highest BCUT2D eigenvalue weighted by Gasteiger charge is 2.22. The quantitative estimate of drug-likeness (QED) is 0.185. The number of carbonyl (C=O) groups is 1. The van der Waals surface area contributed by atoms with Crippen molar-refractivity contribution in [2.75, 3.05) is 18.4 Å². The van der Waals surface area contributed by atoms with Crippen molar-refractivity contribution in [3.05, 3.63) is 75.0 Å². The number of carbonyl (C=O) groups excluding carboxylic acids is 1. The Morgan fingerprint density at radius 1 is 1.21 bits per heavy atom. The number of hydrogen-bond acceptors (Lipinski definition) is 6. The van der Waals surface area contributed by atoms with Crippen molar-refractivity contribution >= 4 is 62.7 Å². The first kappa shape index (κ1) is 26.7. The van der Waals surface area contributed by atoms with Crippen LogP contribution in [-0.2, 0) is 14.8 Å². The molecule has 2 aromatic rings. The van der Waals surface area contributed by atoms with Crippen molar-refractivity contribution in [3.63, 3.8) is 0 Å². The van der Waals surface area contributed by atoms with Crippen LogP contribution in [-0.4, -0.2) is 34.3 Å². The summed E-state index contributed by atoms with van der Waals surface area (Å²) in [5, 5.41) is 0.559. The SMILES string of the molecule is C=C(/C=C(/Cl)C=NC)Oc1ccc(NS(=O)(=O)c2cc(C)c(Cl)cc2Cl)cc1C(=O)OCC. The van der Waals surface area contributed by atoms with Gasteiger partial charge >= 0.3 is 5.97 Å². The molecule has 0 saturated heterocycles. The van der Waals surface area contributed by atoms with Crippen LogP contribution in [0.1, 0.15) is 22.8 Å².